The van der Waals surface area contributed by atoms with Crippen LogP contribution in [-0.4, -0.2) is 50.5 Å². The van der Waals surface area contributed by atoms with Crippen molar-refractivity contribution in [2.45, 2.75) is 18.6 Å². The van der Waals surface area contributed by atoms with Crippen LogP contribution in [0.15, 0.2) is 0 Å². The monoisotopic (exact) mass is 176 g/mol. The van der Waals surface area contributed by atoms with Gasteiger partial charge in [-0.3, -0.25) is 4.90 Å². The van der Waals surface area contributed by atoms with Crippen molar-refractivity contribution in [1.82, 2.24) is 4.90 Å². The molecule has 72 valence electrons. The van der Waals surface area contributed by atoms with Crippen LogP contribution < -0.4 is 5.73 Å². The Morgan fingerprint density at radius 2 is 2.42 bits per heavy atom. The summed E-state index contributed by atoms with van der Waals surface area (Å²) in [5, 5.41) is 0. The van der Waals surface area contributed by atoms with E-state index < -0.39 is 6.17 Å². The number of halogens is 1. The zero-order valence-corrected chi connectivity index (χ0v) is 7.50. The molecule has 0 bridgehead atoms. The van der Waals surface area contributed by atoms with Crippen LogP contribution in [-0.2, 0) is 4.74 Å². The quantitative estimate of drug-likeness (QED) is 0.658. The van der Waals surface area contributed by atoms with E-state index in [0.717, 1.165) is 19.5 Å². The highest BCUT2D eigenvalue weighted by molar-refractivity contribution is 4.82. The zero-order valence-electron chi connectivity index (χ0n) is 7.50. The number of nitrogens with two attached hydrogens (primary N) is 1. The third-order valence-corrected chi connectivity index (χ3v) is 2.29. The van der Waals surface area contributed by atoms with Crippen molar-refractivity contribution in [2.75, 3.05) is 33.4 Å². The molecule has 0 radical (unpaired) electrons. The molecule has 1 aliphatic rings. The summed E-state index contributed by atoms with van der Waals surface area (Å²) in [6.07, 6.45) is -0.110. The number of rotatable bonds is 3. The van der Waals surface area contributed by atoms with E-state index in [4.69, 9.17) is 10.5 Å². The first-order valence-electron chi connectivity index (χ1n) is 4.35. The summed E-state index contributed by atoms with van der Waals surface area (Å²) in [5.74, 6) is 0. The molecule has 1 aliphatic heterocycles. The molecule has 1 fully saturated rings. The molecule has 0 aliphatic carbocycles. The third-order valence-electron chi connectivity index (χ3n) is 2.29. The zero-order chi connectivity index (χ0) is 8.97. The minimum absolute atomic E-state index is 0.260. The molecule has 0 aromatic heterocycles. The Morgan fingerprint density at radius 3 is 3.00 bits per heavy atom. The van der Waals surface area contributed by atoms with Gasteiger partial charge in [-0.2, -0.15) is 0 Å². The lowest BCUT2D eigenvalue weighted by atomic mass is 10.0. The molecule has 1 saturated heterocycles. The Bertz CT molecular complexity index is 132. The van der Waals surface area contributed by atoms with Crippen LogP contribution in [0.4, 0.5) is 4.39 Å². The minimum Gasteiger partial charge on any atom is -0.383 e. The SMILES string of the molecule is COCCN1CC[C@H](N)[C@@H](F)C1. The summed E-state index contributed by atoms with van der Waals surface area (Å²) in [7, 11) is 1.66. The lowest BCUT2D eigenvalue weighted by Crippen LogP contribution is -2.49. The van der Waals surface area contributed by atoms with Gasteiger partial charge >= 0.3 is 0 Å². The topological polar surface area (TPSA) is 38.5 Å². The van der Waals surface area contributed by atoms with Crippen LogP contribution in [0.5, 0.6) is 0 Å². The third kappa shape index (κ3) is 2.69. The average Bonchev–Trinajstić information content (AvgIpc) is 2.07. The van der Waals surface area contributed by atoms with E-state index in [1.165, 1.54) is 0 Å². The van der Waals surface area contributed by atoms with E-state index in [2.05, 4.69) is 4.90 Å². The van der Waals surface area contributed by atoms with E-state index in [-0.39, 0.29) is 6.04 Å². The highest BCUT2D eigenvalue weighted by atomic mass is 19.1. The van der Waals surface area contributed by atoms with Gasteiger partial charge in [0.1, 0.15) is 6.17 Å². The summed E-state index contributed by atoms with van der Waals surface area (Å²) in [5.41, 5.74) is 5.54. The molecule has 0 saturated carbocycles. The molecule has 0 aromatic carbocycles. The van der Waals surface area contributed by atoms with Gasteiger partial charge in [0.25, 0.3) is 0 Å². The van der Waals surface area contributed by atoms with Crippen LogP contribution in [0.2, 0.25) is 0 Å². The Balaban J connectivity index is 2.21. The normalized spacial score (nSPS) is 32.2. The second-order valence-electron chi connectivity index (χ2n) is 3.26. The van der Waals surface area contributed by atoms with E-state index in [1.54, 1.807) is 7.11 Å². The molecule has 4 heteroatoms. The van der Waals surface area contributed by atoms with E-state index >= 15 is 0 Å². The number of hydrogen-bond donors (Lipinski definition) is 1. The fourth-order valence-corrected chi connectivity index (χ4v) is 1.41. The van der Waals surface area contributed by atoms with Gasteiger partial charge < -0.3 is 10.5 Å². The number of nitrogens with zero attached hydrogens (tertiary/aromatic N) is 1. The van der Waals surface area contributed by atoms with Crippen LogP contribution in [0.1, 0.15) is 6.42 Å². The lowest BCUT2D eigenvalue weighted by Gasteiger charge is -2.32. The molecule has 0 unspecified atom stereocenters. The van der Waals surface area contributed by atoms with Gasteiger partial charge in [0.2, 0.25) is 0 Å². The number of likely N-dealkylation sites (tertiary alicyclic amines) is 1. The van der Waals surface area contributed by atoms with Crippen molar-refractivity contribution in [3.8, 4) is 0 Å². The summed E-state index contributed by atoms with van der Waals surface area (Å²) in [4.78, 5) is 2.05. The van der Waals surface area contributed by atoms with Gasteiger partial charge in [-0.25, -0.2) is 4.39 Å². The molecule has 0 amide bonds. The van der Waals surface area contributed by atoms with Crippen molar-refractivity contribution < 1.29 is 9.13 Å². The summed E-state index contributed by atoms with van der Waals surface area (Å²) in [6.45, 7) is 2.83. The number of hydrogen-bond acceptors (Lipinski definition) is 3. The van der Waals surface area contributed by atoms with Gasteiger partial charge in [0.15, 0.2) is 0 Å². The highest BCUT2D eigenvalue weighted by Gasteiger charge is 2.25. The van der Waals surface area contributed by atoms with Gasteiger partial charge in [0.05, 0.1) is 6.61 Å². The Morgan fingerprint density at radius 1 is 1.67 bits per heavy atom. The Hall–Kier alpha value is -0.190. The number of ether oxygens (including phenoxy) is 1. The molecule has 3 nitrogen and oxygen atoms in total. The summed E-state index contributed by atoms with van der Waals surface area (Å²) < 4.78 is 18.0. The van der Waals surface area contributed by atoms with E-state index in [1.807, 2.05) is 0 Å². The Kier molecular flexibility index (Phi) is 3.91. The first-order valence-corrected chi connectivity index (χ1v) is 4.35. The first-order chi connectivity index (χ1) is 5.74. The van der Waals surface area contributed by atoms with Crippen molar-refractivity contribution >= 4 is 0 Å². The van der Waals surface area contributed by atoms with Gasteiger partial charge in [-0.1, -0.05) is 0 Å². The molecule has 2 atom stereocenters. The van der Waals surface area contributed by atoms with Crippen molar-refractivity contribution in [2.24, 2.45) is 5.73 Å². The smallest absolute Gasteiger partial charge is 0.128 e. The van der Waals surface area contributed by atoms with Gasteiger partial charge in [0, 0.05) is 26.2 Å². The van der Waals surface area contributed by atoms with E-state index in [9.17, 15) is 4.39 Å². The summed E-state index contributed by atoms with van der Waals surface area (Å²) >= 11 is 0. The standard InChI is InChI=1S/C8H17FN2O/c1-12-5-4-11-3-2-8(10)7(9)6-11/h7-8H,2-6,10H2,1H3/t7-,8-/m0/s1. The van der Waals surface area contributed by atoms with Crippen LogP contribution >= 0.6 is 0 Å². The van der Waals surface area contributed by atoms with Crippen molar-refractivity contribution in [3.05, 3.63) is 0 Å². The molecule has 12 heavy (non-hydrogen) atoms. The number of methoxy groups -OCH3 is 1. The Labute approximate surface area is 72.7 Å². The fourth-order valence-electron chi connectivity index (χ4n) is 1.41. The minimum atomic E-state index is -0.865. The maximum atomic E-state index is 13.0. The predicted molar refractivity (Wildman–Crippen MR) is 45.8 cm³/mol. The molecule has 1 heterocycles. The number of piperidine rings is 1. The average molecular weight is 176 g/mol. The predicted octanol–water partition coefficient (Wildman–Crippen LogP) is 0.00390. The summed E-state index contributed by atoms with van der Waals surface area (Å²) in [6, 6.07) is -0.260. The van der Waals surface area contributed by atoms with Gasteiger partial charge in [-0.15, -0.1) is 0 Å². The van der Waals surface area contributed by atoms with Crippen LogP contribution in [0.3, 0.4) is 0 Å². The van der Waals surface area contributed by atoms with Crippen LogP contribution in [0, 0.1) is 0 Å². The lowest BCUT2D eigenvalue weighted by molar-refractivity contribution is 0.0877. The van der Waals surface area contributed by atoms with Crippen LogP contribution in [0.25, 0.3) is 0 Å². The number of alkyl halides is 1. The highest BCUT2D eigenvalue weighted by Crippen LogP contribution is 2.11. The fraction of sp³-hybridized carbons (Fsp3) is 1.00. The molecule has 1 rings (SSSR count). The molecule has 2 N–H and O–H groups in total. The molecular weight excluding hydrogens is 159 g/mol. The van der Waals surface area contributed by atoms with E-state index in [0.29, 0.717) is 13.2 Å². The maximum absolute atomic E-state index is 13.0. The maximum Gasteiger partial charge on any atom is 0.128 e. The second-order valence-corrected chi connectivity index (χ2v) is 3.26. The second kappa shape index (κ2) is 4.74. The molecule has 0 aromatic rings. The van der Waals surface area contributed by atoms with Crippen molar-refractivity contribution in [1.29, 1.82) is 0 Å². The van der Waals surface area contributed by atoms with Gasteiger partial charge in [-0.05, 0) is 13.0 Å². The molecule has 0 spiro atoms. The first kappa shape index (κ1) is 9.89. The largest absolute Gasteiger partial charge is 0.383 e. The molecular formula is C8H17FN2O. The van der Waals surface area contributed by atoms with Crippen molar-refractivity contribution in [3.63, 3.8) is 0 Å².